The highest BCUT2D eigenvalue weighted by Crippen LogP contribution is 2.31. The quantitative estimate of drug-likeness (QED) is 0.138. The molecule has 1 saturated heterocycles. The molecule has 1 aromatic heterocycles. The zero-order valence-corrected chi connectivity index (χ0v) is 24.8. The first-order chi connectivity index (χ1) is 19.7. The molecule has 0 spiro atoms. The summed E-state index contributed by atoms with van der Waals surface area (Å²) in [4.78, 5) is 28.4. The molecule has 1 aliphatic heterocycles. The van der Waals surface area contributed by atoms with Gasteiger partial charge >= 0.3 is 5.97 Å². The predicted octanol–water partition coefficient (Wildman–Crippen LogP) is 3.89. The number of esters is 1. The summed E-state index contributed by atoms with van der Waals surface area (Å²) in [5.74, 6) is -0.527. The van der Waals surface area contributed by atoms with Crippen LogP contribution in [0.25, 0.3) is 0 Å². The second kappa shape index (κ2) is 16.3. The molecule has 1 aliphatic rings. The van der Waals surface area contributed by atoms with Crippen molar-refractivity contribution in [2.45, 2.75) is 115 Å². The van der Waals surface area contributed by atoms with E-state index in [4.69, 9.17) is 4.74 Å². The minimum atomic E-state index is -1.64. The SMILES string of the molecule is CCCCC[C@H](O)c1ccc(N2C(=O)CC[C@@H]2CCCc2ccc(C(=O)OC[C@@H](O)[C@H](O)[C@H](O)[C@@H](O)CC)s2)cc1. The van der Waals surface area contributed by atoms with Gasteiger partial charge in [-0.05, 0) is 68.4 Å². The van der Waals surface area contributed by atoms with Crippen molar-refractivity contribution in [2.24, 2.45) is 0 Å². The Labute approximate surface area is 246 Å². The largest absolute Gasteiger partial charge is 0.459 e. The number of aliphatic hydroxyl groups excluding tert-OH is 5. The lowest BCUT2D eigenvalue weighted by molar-refractivity contribution is -0.117. The number of carbonyl (C=O) groups excluding carboxylic acids is 2. The molecule has 5 N–H and O–H groups in total. The first-order valence-electron chi connectivity index (χ1n) is 14.7. The third-order valence-corrected chi connectivity index (χ3v) is 8.85. The second-order valence-electron chi connectivity index (χ2n) is 10.8. The number of benzene rings is 1. The molecule has 0 aliphatic carbocycles. The molecule has 41 heavy (non-hydrogen) atoms. The lowest BCUT2D eigenvalue weighted by Crippen LogP contribution is -2.46. The molecule has 9 nitrogen and oxygen atoms in total. The summed E-state index contributed by atoms with van der Waals surface area (Å²) < 4.78 is 5.10. The van der Waals surface area contributed by atoms with Gasteiger partial charge in [-0.3, -0.25) is 4.79 Å². The zero-order valence-electron chi connectivity index (χ0n) is 24.0. The molecular formula is C31H45NO8S. The van der Waals surface area contributed by atoms with Crippen LogP contribution in [0.3, 0.4) is 0 Å². The maximum Gasteiger partial charge on any atom is 0.348 e. The van der Waals surface area contributed by atoms with E-state index in [2.05, 4.69) is 6.92 Å². The van der Waals surface area contributed by atoms with Gasteiger partial charge in [-0.15, -0.1) is 11.3 Å². The minimum absolute atomic E-state index is 0.0988. The number of unbranched alkanes of at least 4 members (excludes halogenated alkanes) is 2. The molecule has 0 bridgehead atoms. The van der Waals surface area contributed by atoms with Gasteiger partial charge in [0.15, 0.2) is 0 Å². The molecule has 6 atom stereocenters. The third kappa shape index (κ3) is 9.33. The van der Waals surface area contributed by atoms with Crippen LogP contribution in [0.1, 0.15) is 97.9 Å². The average Bonchev–Trinajstić information content (AvgIpc) is 3.61. The first kappa shape index (κ1) is 33.2. The summed E-state index contributed by atoms with van der Waals surface area (Å²) in [7, 11) is 0. The number of ether oxygens (including phenoxy) is 1. The summed E-state index contributed by atoms with van der Waals surface area (Å²) >= 11 is 1.29. The topological polar surface area (TPSA) is 148 Å². The van der Waals surface area contributed by atoms with Crippen molar-refractivity contribution in [2.75, 3.05) is 11.5 Å². The first-order valence-corrected chi connectivity index (χ1v) is 15.6. The van der Waals surface area contributed by atoms with Gasteiger partial charge in [-0.25, -0.2) is 4.79 Å². The molecular weight excluding hydrogens is 546 g/mol. The lowest BCUT2D eigenvalue weighted by Gasteiger charge is -2.25. The van der Waals surface area contributed by atoms with Gasteiger partial charge in [0.1, 0.15) is 29.8 Å². The van der Waals surface area contributed by atoms with Crippen LogP contribution < -0.4 is 4.90 Å². The van der Waals surface area contributed by atoms with E-state index in [-0.39, 0.29) is 18.4 Å². The Bertz CT molecular complexity index is 1090. The average molecular weight is 592 g/mol. The van der Waals surface area contributed by atoms with Crippen LogP contribution in [-0.2, 0) is 16.0 Å². The molecule has 1 amide bonds. The lowest BCUT2D eigenvalue weighted by atomic mass is 10.0. The van der Waals surface area contributed by atoms with Crippen LogP contribution in [0.4, 0.5) is 5.69 Å². The Kier molecular flexibility index (Phi) is 13.2. The van der Waals surface area contributed by atoms with Crippen molar-refractivity contribution in [3.8, 4) is 0 Å². The number of anilines is 1. The molecule has 3 rings (SSSR count). The fourth-order valence-corrected chi connectivity index (χ4v) is 6.09. The van der Waals surface area contributed by atoms with E-state index in [0.717, 1.165) is 67.5 Å². The van der Waals surface area contributed by atoms with Gasteiger partial charge in [0.05, 0.1) is 12.2 Å². The number of carbonyl (C=O) groups is 2. The third-order valence-electron chi connectivity index (χ3n) is 7.73. The van der Waals surface area contributed by atoms with Gasteiger partial charge in [-0.1, -0.05) is 45.2 Å². The molecule has 228 valence electrons. The number of aryl methyl sites for hydroxylation is 1. The van der Waals surface area contributed by atoms with E-state index in [1.165, 1.54) is 11.3 Å². The Balaban J connectivity index is 1.47. The van der Waals surface area contributed by atoms with Gasteiger partial charge in [0.2, 0.25) is 5.91 Å². The van der Waals surface area contributed by atoms with E-state index >= 15 is 0 Å². The monoisotopic (exact) mass is 591 g/mol. The smallest absolute Gasteiger partial charge is 0.348 e. The van der Waals surface area contributed by atoms with Gasteiger partial charge in [-0.2, -0.15) is 0 Å². The number of nitrogens with zero attached hydrogens (tertiary/aromatic N) is 1. The van der Waals surface area contributed by atoms with Crippen molar-refractivity contribution in [3.05, 3.63) is 51.7 Å². The summed E-state index contributed by atoms with van der Waals surface area (Å²) in [5.41, 5.74) is 1.73. The van der Waals surface area contributed by atoms with E-state index in [0.29, 0.717) is 11.3 Å². The summed E-state index contributed by atoms with van der Waals surface area (Å²) in [6, 6.07) is 11.3. The number of amides is 1. The summed E-state index contributed by atoms with van der Waals surface area (Å²) in [6.45, 7) is 3.26. The Morgan fingerprint density at radius 2 is 1.68 bits per heavy atom. The van der Waals surface area contributed by atoms with Crippen molar-refractivity contribution in [1.82, 2.24) is 0 Å². The fourth-order valence-electron chi connectivity index (χ4n) is 5.14. The highest BCUT2D eigenvalue weighted by atomic mass is 32.1. The van der Waals surface area contributed by atoms with E-state index in [1.54, 1.807) is 13.0 Å². The predicted molar refractivity (Wildman–Crippen MR) is 158 cm³/mol. The van der Waals surface area contributed by atoms with Crippen molar-refractivity contribution >= 4 is 28.9 Å². The molecule has 1 aromatic carbocycles. The van der Waals surface area contributed by atoms with Gasteiger partial charge in [0, 0.05) is 23.0 Å². The Morgan fingerprint density at radius 1 is 0.976 bits per heavy atom. The van der Waals surface area contributed by atoms with Gasteiger partial charge in [0.25, 0.3) is 0 Å². The van der Waals surface area contributed by atoms with Crippen LogP contribution >= 0.6 is 11.3 Å². The number of hydrogen-bond donors (Lipinski definition) is 5. The standard InChI is InChI=1S/C31H45NO8S/c1-3-5-6-10-25(34)20-11-13-22(14-12-20)32-21(15-18-28(32)36)8-7-9-23-16-17-27(41-23)31(39)40-19-26(35)30(38)29(37)24(33)4-2/h11-14,16-17,21,24-26,29-30,33-35,37-38H,3-10,15,18-19H2,1-2H3/t21-,24-,25-,26+,29+,30-/m0/s1. The van der Waals surface area contributed by atoms with Crippen LogP contribution in [0, 0.1) is 0 Å². The molecule has 10 heteroatoms. The number of aliphatic hydroxyl groups is 5. The number of rotatable bonds is 17. The fraction of sp³-hybridized carbons (Fsp3) is 0.613. The van der Waals surface area contributed by atoms with Crippen LogP contribution in [0.15, 0.2) is 36.4 Å². The number of thiophene rings is 1. The highest BCUT2D eigenvalue weighted by Gasteiger charge is 2.32. The van der Waals surface area contributed by atoms with Crippen LogP contribution in [-0.4, -0.2) is 74.5 Å². The molecule has 1 fully saturated rings. The van der Waals surface area contributed by atoms with E-state index in [9.17, 15) is 35.1 Å². The second-order valence-corrected chi connectivity index (χ2v) is 12.0. The normalized spacial score (nSPS) is 19.1. The molecule has 0 radical (unpaired) electrons. The maximum absolute atomic E-state index is 12.7. The van der Waals surface area contributed by atoms with E-state index < -0.39 is 43.1 Å². The minimum Gasteiger partial charge on any atom is -0.459 e. The zero-order chi connectivity index (χ0) is 29.9. The van der Waals surface area contributed by atoms with Crippen molar-refractivity contribution in [3.63, 3.8) is 0 Å². The Morgan fingerprint density at radius 3 is 2.37 bits per heavy atom. The Hall–Kier alpha value is -2.34. The number of hydrogen-bond acceptors (Lipinski definition) is 9. The van der Waals surface area contributed by atoms with Crippen LogP contribution in [0.5, 0.6) is 0 Å². The van der Waals surface area contributed by atoms with Crippen LogP contribution in [0.2, 0.25) is 0 Å². The summed E-state index contributed by atoms with van der Waals surface area (Å²) in [6.07, 6.45) is 1.44. The van der Waals surface area contributed by atoms with E-state index in [1.807, 2.05) is 35.2 Å². The molecule has 0 unspecified atom stereocenters. The van der Waals surface area contributed by atoms with Gasteiger partial charge < -0.3 is 35.2 Å². The maximum atomic E-state index is 12.7. The summed E-state index contributed by atoms with van der Waals surface area (Å²) in [5, 5.41) is 49.9. The van der Waals surface area contributed by atoms with Crippen molar-refractivity contribution < 1.29 is 39.9 Å². The van der Waals surface area contributed by atoms with Crippen molar-refractivity contribution in [1.29, 1.82) is 0 Å². The molecule has 2 heterocycles. The highest BCUT2D eigenvalue weighted by molar-refractivity contribution is 7.13. The molecule has 2 aromatic rings. The molecule has 0 saturated carbocycles.